The number of carbonyl (C=O) groups is 2. The van der Waals surface area contributed by atoms with Gasteiger partial charge in [0.2, 0.25) is 0 Å². The minimum Gasteiger partial charge on any atom is -0.497 e. The van der Waals surface area contributed by atoms with Crippen LogP contribution in [0.5, 0.6) is 11.5 Å². The van der Waals surface area contributed by atoms with Crippen molar-refractivity contribution in [1.29, 1.82) is 0 Å². The van der Waals surface area contributed by atoms with E-state index in [1.807, 2.05) is 54.6 Å². The Balaban J connectivity index is 1.18. The summed E-state index contributed by atoms with van der Waals surface area (Å²) in [5, 5.41) is 24.2. The van der Waals surface area contributed by atoms with E-state index >= 15 is 4.79 Å². The van der Waals surface area contributed by atoms with E-state index in [2.05, 4.69) is 44.2 Å². The van der Waals surface area contributed by atoms with Crippen LogP contribution in [0.25, 0.3) is 11.1 Å². The van der Waals surface area contributed by atoms with Crippen molar-refractivity contribution in [3.63, 3.8) is 0 Å². The van der Waals surface area contributed by atoms with E-state index < -0.39 is 34.0 Å². The summed E-state index contributed by atoms with van der Waals surface area (Å²) in [4.78, 5) is 30.4. The number of benzene rings is 3. The third-order valence-electron chi connectivity index (χ3n) is 15.0. The minimum absolute atomic E-state index is 0.0230. The van der Waals surface area contributed by atoms with Gasteiger partial charge in [0.05, 0.1) is 45.6 Å². The van der Waals surface area contributed by atoms with Gasteiger partial charge in [-0.15, -0.1) is 0 Å². The highest BCUT2D eigenvalue weighted by Gasteiger charge is 2.74. The van der Waals surface area contributed by atoms with E-state index in [9.17, 15) is 15.0 Å². The average Bonchev–Trinajstić information content (AvgIpc) is 3.47. The van der Waals surface area contributed by atoms with E-state index in [4.69, 9.17) is 14.2 Å². The molecule has 2 spiro atoms. The molecule has 0 aliphatic heterocycles. The first-order valence-electron chi connectivity index (χ1n) is 20.0. The number of ether oxygens (including phenoxy) is 3. The molecule has 0 aromatic heterocycles. The molecule has 1 amide bonds. The molecule has 0 heterocycles. The molecular weight excluding hydrogens is 691 g/mol. The first kappa shape index (κ1) is 37.5. The van der Waals surface area contributed by atoms with Crippen molar-refractivity contribution in [3.05, 3.63) is 108 Å². The van der Waals surface area contributed by atoms with Gasteiger partial charge in [0.25, 0.3) is 0 Å². The monoisotopic (exact) mass is 745 g/mol. The third-order valence-corrected chi connectivity index (χ3v) is 15.0. The molecule has 290 valence electrons. The number of nitrogens with zero attached hydrogens (tertiary/aromatic N) is 1. The van der Waals surface area contributed by atoms with E-state index in [0.717, 1.165) is 47.9 Å². The fraction of sp³-hybridized carbons (Fsp3) is 0.489. The second-order valence-corrected chi connectivity index (χ2v) is 17.3. The van der Waals surface area contributed by atoms with Gasteiger partial charge in [0.1, 0.15) is 11.5 Å². The molecule has 9 rings (SSSR count). The molecule has 2 bridgehead atoms. The summed E-state index contributed by atoms with van der Waals surface area (Å²) in [6, 6.07) is 23.7. The van der Waals surface area contributed by atoms with Crippen LogP contribution in [0.15, 0.2) is 96.6 Å². The van der Waals surface area contributed by atoms with Gasteiger partial charge in [0, 0.05) is 39.0 Å². The average molecular weight is 746 g/mol. The summed E-state index contributed by atoms with van der Waals surface area (Å²) in [6.45, 7) is 6.86. The molecule has 0 radical (unpaired) electrons. The maximum absolute atomic E-state index is 15.1. The molecule has 8 heteroatoms. The highest BCUT2D eigenvalue weighted by atomic mass is 16.6. The predicted octanol–water partition coefficient (Wildman–Crippen LogP) is 8.80. The SMILES string of the molecule is CCOC(=O)N(Cc1ccc(OC)cc1OC)CC1(O)CCC2C34C=CC5(C=C3C(=O)c3ccc(-c6ccccc6)cc3)CC(O)CCC5(C)C4CCC21C. The number of amides is 1. The highest BCUT2D eigenvalue weighted by molar-refractivity contribution is 6.10. The maximum atomic E-state index is 15.1. The van der Waals surface area contributed by atoms with Gasteiger partial charge in [-0.25, -0.2) is 4.79 Å². The molecule has 3 aromatic carbocycles. The molecule has 0 saturated heterocycles. The molecule has 6 aliphatic rings. The third kappa shape index (κ3) is 5.60. The largest absolute Gasteiger partial charge is 0.497 e. The summed E-state index contributed by atoms with van der Waals surface area (Å²) in [7, 11) is 3.19. The van der Waals surface area contributed by atoms with Crippen LogP contribution in [-0.2, 0) is 11.3 Å². The second kappa shape index (κ2) is 13.7. The lowest BCUT2D eigenvalue weighted by molar-refractivity contribution is -0.175. The number of fused-ring (bicyclic) bond motifs is 1. The number of aliphatic hydroxyl groups is 2. The minimum atomic E-state index is -1.25. The molecule has 2 N–H and O–H groups in total. The molecule has 8 atom stereocenters. The summed E-state index contributed by atoms with van der Waals surface area (Å²) < 4.78 is 16.7. The number of allylic oxidation sites excluding steroid dienone is 4. The number of aliphatic hydroxyl groups excluding tert-OH is 1. The van der Waals surface area contributed by atoms with Gasteiger partial charge in [-0.1, -0.05) is 86.7 Å². The maximum Gasteiger partial charge on any atom is 0.410 e. The quantitative estimate of drug-likeness (QED) is 0.158. The van der Waals surface area contributed by atoms with Crippen molar-refractivity contribution in [3.8, 4) is 22.6 Å². The molecule has 3 fully saturated rings. The Morgan fingerprint density at radius 1 is 0.836 bits per heavy atom. The fourth-order valence-electron chi connectivity index (χ4n) is 12.1. The van der Waals surface area contributed by atoms with Crippen molar-refractivity contribution in [2.75, 3.05) is 27.4 Å². The van der Waals surface area contributed by atoms with E-state index in [1.54, 1.807) is 32.1 Å². The van der Waals surface area contributed by atoms with Crippen LogP contribution in [-0.4, -0.2) is 66.1 Å². The van der Waals surface area contributed by atoms with Crippen molar-refractivity contribution in [1.82, 2.24) is 4.90 Å². The Morgan fingerprint density at radius 3 is 2.24 bits per heavy atom. The van der Waals surface area contributed by atoms with Crippen LogP contribution >= 0.6 is 0 Å². The molecule has 8 nitrogen and oxygen atoms in total. The normalized spacial score (nSPS) is 34.2. The van der Waals surface area contributed by atoms with E-state index in [-0.39, 0.29) is 42.7 Å². The summed E-state index contributed by atoms with van der Waals surface area (Å²) in [6.07, 6.45) is 11.0. The Hall–Kier alpha value is -4.40. The second-order valence-electron chi connectivity index (χ2n) is 17.3. The van der Waals surface area contributed by atoms with Crippen LogP contribution < -0.4 is 9.47 Å². The van der Waals surface area contributed by atoms with Gasteiger partial charge < -0.3 is 29.3 Å². The number of carbonyl (C=O) groups excluding carboxylic acids is 2. The number of hydrogen-bond acceptors (Lipinski definition) is 7. The molecule has 6 aliphatic carbocycles. The Bertz CT molecular complexity index is 2030. The molecule has 8 unspecified atom stereocenters. The number of methoxy groups -OCH3 is 2. The fourth-order valence-corrected chi connectivity index (χ4v) is 12.1. The van der Waals surface area contributed by atoms with Crippen LogP contribution in [0.3, 0.4) is 0 Å². The Morgan fingerprint density at radius 2 is 1.53 bits per heavy atom. The van der Waals surface area contributed by atoms with Crippen LogP contribution in [0.1, 0.15) is 81.6 Å². The number of ketones is 1. The smallest absolute Gasteiger partial charge is 0.410 e. The van der Waals surface area contributed by atoms with Crippen molar-refractivity contribution >= 4 is 11.9 Å². The van der Waals surface area contributed by atoms with E-state index in [0.29, 0.717) is 36.3 Å². The van der Waals surface area contributed by atoms with Gasteiger partial charge in [-0.05, 0) is 92.4 Å². The van der Waals surface area contributed by atoms with Gasteiger partial charge in [-0.2, -0.15) is 0 Å². The van der Waals surface area contributed by atoms with Crippen LogP contribution in [0.2, 0.25) is 0 Å². The standard InChI is InChI=1S/C47H55NO7/c1-6-55-42(51)48(29-34-16-17-36(53-4)26-38(34)54-5)30-46(52)23-20-40-44(46,3)22-19-39-43(2)21-18-35(49)27-45(43)24-25-47(39,40)37(28-45)41(50)33-14-12-32(13-15-33)31-10-8-7-9-11-31/h7-17,24-26,28,35,39-40,49,52H,6,18-23,27,29-30H2,1-5H3. The van der Waals surface area contributed by atoms with Crippen LogP contribution in [0.4, 0.5) is 4.79 Å². The highest BCUT2D eigenvalue weighted by Crippen LogP contribution is 2.78. The molecular formula is C47H55NO7. The predicted molar refractivity (Wildman–Crippen MR) is 212 cm³/mol. The summed E-state index contributed by atoms with van der Waals surface area (Å²) in [5.41, 5.74) is 1.33. The zero-order valence-corrected chi connectivity index (χ0v) is 32.8. The van der Waals surface area contributed by atoms with Gasteiger partial charge in [-0.3, -0.25) is 4.79 Å². The Kier molecular flexibility index (Phi) is 9.32. The topological polar surface area (TPSA) is 106 Å². The lowest BCUT2D eigenvalue weighted by atomic mass is 9.32. The summed E-state index contributed by atoms with van der Waals surface area (Å²) >= 11 is 0. The van der Waals surface area contributed by atoms with Crippen molar-refractivity contribution in [2.45, 2.75) is 84.0 Å². The Labute approximate surface area is 325 Å². The van der Waals surface area contributed by atoms with Crippen LogP contribution in [0, 0.1) is 33.5 Å². The number of hydrogen-bond donors (Lipinski definition) is 2. The van der Waals surface area contributed by atoms with Crippen molar-refractivity contribution < 1.29 is 34.0 Å². The number of Topliss-reactive ketones (excluding diaryl/α,β-unsaturated/α-hetero) is 1. The zero-order chi connectivity index (χ0) is 38.8. The van der Waals surface area contributed by atoms with Crippen molar-refractivity contribution in [2.24, 2.45) is 33.5 Å². The molecule has 3 aromatic rings. The summed E-state index contributed by atoms with van der Waals surface area (Å²) in [5.74, 6) is 1.36. The number of rotatable bonds is 10. The molecule has 3 saturated carbocycles. The van der Waals surface area contributed by atoms with Gasteiger partial charge in [0.15, 0.2) is 5.78 Å². The first-order valence-corrected chi connectivity index (χ1v) is 20.0. The lowest BCUT2D eigenvalue weighted by Gasteiger charge is -2.71. The zero-order valence-electron chi connectivity index (χ0n) is 32.8. The molecule has 55 heavy (non-hydrogen) atoms. The lowest BCUT2D eigenvalue weighted by Crippen LogP contribution is -2.67. The van der Waals surface area contributed by atoms with E-state index in [1.165, 1.54) is 0 Å². The first-order chi connectivity index (χ1) is 26.4. The van der Waals surface area contributed by atoms with Gasteiger partial charge >= 0.3 is 6.09 Å².